The van der Waals surface area contributed by atoms with E-state index >= 15 is 0 Å². The first-order valence-corrected chi connectivity index (χ1v) is 5.65. The minimum atomic E-state index is 0.288. The van der Waals surface area contributed by atoms with Crippen LogP contribution in [0.5, 0.6) is 0 Å². The molecule has 2 rings (SSSR count). The highest BCUT2D eigenvalue weighted by Crippen LogP contribution is 2.09. The monoisotopic (exact) mass is 220 g/mol. The lowest BCUT2D eigenvalue weighted by Gasteiger charge is -2.15. The van der Waals surface area contributed by atoms with Crippen molar-refractivity contribution >= 4 is 11.9 Å². The lowest BCUT2D eigenvalue weighted by atomic mass is 10.4. The third kappa shape index (κ3) is 2.92. The summed E-state index contributed by atoms with van der Waals surface area (Å²) in [6.45, 7) is 2.55. The Morgan fingerprint density at radius 3 is 2.88 bits per heavy atom. The highest BCUT2D eigenvalue weighted by atomic mass is 16.2. The first-order chi connectivity index (χ1) is 7.86. The zero-order valence-electron chi connectivity index (χ0n) is 9.22. The van der Waals surface area contributed by atoms with Gasteiger partial charge in [0, 0.05) is 38.4 Å². The van der Waals surface area contributed by atoms with Gasteiger partial charge in [-0.3, -0.25) is 4.79 Å². The number of rotatable bonds is 5. The molecule has 0 aromatic carbocycles. The molecule has 0 radical (unpaired) electrons. The summed E-state index contributed by atoms with van der Waals surface area (Å²) in [5.41, 5.74) is 0. The fraction of sp³-hybridized carbons (Fsp3) is 0.545. The number of amides is 1. The fourth-order valence-corrected chi connectivity index (χ4v) is 1.80. The van der Waals surface area contributed by atoms with Gasteiger partial charge in [-0.25, -0.2) is 9.97 Å². The van der Waals surface area contributed by atoms with Crippen LogP contribution in [0.1, 0.15) is 19.3 Å². The van der Waals surface area contributed by atoms with Crippen LogP contribution in [0.3, 0.4) is 0 Å². The molecule has 1 aromatic heterocycles. The van der Waals surface area contributed by atoms with Gasteiger partial charge in [0.05, 0.1) is 0 Å². The van der Waals surface area contributed by atoms with Gasteiger partial charge in [0.25, 0.3) is 0 Å². The lowest BCUT2D eigenvalue weighted by molar-refractivity contribution is -0.127. The molecule has 1 N–H and O–H groups in total. The topological polar surface area (TPSA) is 58.1 Å². The molecule has 0 saturated carbocycles. The Bertz CT molecular complexity index is 341. The van der Waals surface area contributed by atoms with E-state index < -0.39 is 0 Å². The highest BCUT2D eigenvalue weighted by molar-refractivity contribution is 5.77. The van der Waals surface area contributed by atoms with Crippen molar-refractivity contribution in [3.63, 3.8) is 0 Å². The molecule has 1 aliphatic heterocycles. The second kappa shape index (κ2) is 5.44. The van der Waals surface area contributed by atoms with E-state index in [1.165, 1.54) is 0 Å². The van der Waals surface area contributed by atoms with E-state index in [1.54, 1.807) is 18.5 Å². The molecule has 0 bridgehead atoms. The zero-order chi connectivity index (χ0) is 11.2. The number of carbonyl (C=O) groups excluding carboxylic acids is 1. The van der Waals surface area contributed by atoms with Crippen LogP contribution in [0.4, 0.5) is 5.95 Å². The summed E-state index contributed by atoms with van der Waals surface area (Å²) in [7, 11) is 0. The molecule has 0 unspecified atom stereocenters. The van der Waals surface area contributed by atoms with E-state index in [1.807, 2.05) is 4.90 Å². The van der Waals surface area contributed by atoms with Gasteiger partial charge in [-0.05, 0) is 18.9 Å². The summed E-state index contributed by atoms with van der Waals surface area (Å²) in [6, 6.07) is 1.79. The van der Waals surface area contributed by atoms with Gasteiger partial charge < -0.3 is 10.2 Å². The number of nitrogens with zero attached hydrogens (tertiary/aromatic N) is 3. The van der Waals surface area contributed by atoms with E-state index in [-0.39, 0.29) is 5.91 Å². The van der Waals surface area contributed by atoms with Crippen molar-refractivity contribution in [3.8, 4) is 0 Å². The smallest absolute Gasteiger partial charge is 0.222 e. The SMILES string of the molecule is O=C1CCCN1CCCNc1ncccn1. The molecule has 86 valence electrons. The molecule has 0 atom stereocenters. The van der Waals surface area contributed by atoms with Crippen LogP contribution < -0.4 is 5.32 Å². The molecule has 0 spiro atoms. The molecule has 0 aliphatic carbocycles. The maximum absolute atomic E-state index is 11.3. The first-order valence-electron chi connectivity index (χ1n) is 5.65. The van der Waals surface area contributed by atoms with Crippen molar-refractivity contribution in [1.29, 1.82) is 0 Å². The van der Waals surface area contributed by atoms with Gasteiger partial charge in [-0.2, -0.15) is 0 Å². The van der Waals surface area contributed by atoms with Crippen molar-refractivity contribution in [3.05, 3.63) is 18.5 Å². The Morgan fingerprint density at radius 2 is 2.19 bits per heavy atom. The second-order valence-electron chi connectivity index (χ2n) is 3.84. The van der Waals surface area contributed by atoms with Crippen molar-refractivity contribution in [1.82, 2.24) is 14.9 Å². The van der Waals surface area contributed by atoms with Crippen molar-refractivity contribution in [2.24, 2.45) is 0 Å². The summed E-state index contributed by atoms with van der Waals surface area (Å²) in [5, 5.41) is 3.12. The summed E-state index contributed by atoms with van der Waals surface area (Å²) in [5.74, 6) is 0.936. The number of carbonyl (C=O) groups is 1. The molecular weight excluding hydrogens is 204 g/mol. The largest absolute Gasteiger partial charge is 0.354 e. The first kappa shape index (κ1) is 10.9. The van der Waals surface area contributed by atoms with E-state index in [9.17, 15) is 4.79 Å². The van der Waals surface area contributed by atoms with Crippen LogP contribution in [0.2, 0.25) is 0 Å². The Labute approximate surface area is 94.9 Å². The number of likely N-dealkylation sites (tertiary alicyclic amines) is 1. The number of anilines is 1. The van der Waals surface area contributed by atoms with Gasteiger partial charge >= 0.3 is 0 Å². The van der Waals surface area contributed by atoms with Gasteiger partial charge in [0.15, 0.2) is 0 Å². The molecule has 1 saturated heterocycles. The van der Waals surface area contributed by atoms with Crippen molar-refractivity contribution in [2.45, 2.75) is 19.3 Å². The summed E-state index contributed by atoms with van der Waals surface area (Å²) in [4.78, 5) is 21.4. The van der Waals surface area contributed by atoms with Crippen LogP contribution in [0, 0.1) is 0 Å². The molecule has 1 aromatic rings. The average Bonchev–Trinajstić information content (AvgIpc) is 2.72. The minimum absolute atomic E-state index is 0.288. The quantitative estimate of drug-likeness (QED) is 0.749. The number of aromatic nitrogens is 2. The Hall–Kier alpha value is -1.65. The number of hydrogen-bond donors (Lipinski definition) is 1. The summed E-state index contributed by atoms with van der Waals surface area (Å²) < 4.78 is 0. The molecule has 16 heavy (non-hydrogen) atoms. The molecule has 1 aliphatic rings. The molecule has 1 fully saturated rings. The average molecular weight is 220 g/mol. The number of nitrogens with one attached hydrogen (secondary N) is 1. The fourth-order valence-electron chi connectivity index (χ4n) is 1.80. The highest BCUT2D eigenvalue weighted by Gasteiger charge is 2.18. The maximum Gasteiger partial charge on any atom is 0.222 e. The Kier molecular flexibility index (Phi) is 3.69. The van der Waals surface area contributed by atoms with Gasteiger partial charge in [0.2, 0.25) is 11.9 Å². The molecule has 5 heteroatoms. The van der Waals surface area contributed by atoms with Crippen LogP contribution >= 0.6 is 0 Å². The zero-order valence-corrected chi connectivity index (χ0v) is 9.22. The number of hydrogen-bond acceptors (Lipinski definition) is 4. The van der Waals surface area contributed by atoms with E-state index in [0.717, 1.165) is 38.9 Å². The van der Waals surface area contributed by atoms with E-state index in [0.29, 0.717) is 5.95 Å². The van der Waals surface area contributed by atoms with Crippen LogP contribution in [0.25, 0.3) is 0 Å². The second-order valence-corrected chi connectivity index (χ2v) is 3.84. The van der Waals surface area contributed by atoms with Gasteiger partial charge in [-0.1, -0.05) is 0 Å². The molecule has 1 amide bonds. The van der Waals surface area contributed by atoms with Crippen LogP contribution in [-0.2, 0) is 4.79 Å². The molecule has 5 nitrogen and oxygen atoms in total. The Morgan fingerprint density at radius 1 is 1.38 bits per heavy atom. The lowest BCUT2D eigenvalue weighted by Crippen LogP contribution is -2.27. The summed E-state index contributed by atoms with van der Waals surface area (Å²) in [6.07, 6.45) is 6.08. The van der Waals surface area contributed by atoms with Crippen LogP contribution in [-0.4, -0.2) is 40.4 Å². The molecule has 2 heterocycles. The Balaban J connectivity index is 1.64. The predicted molar refractivity (Wildman–Crippen MR) is 61.0 cm³/mol. The summed E-state index contributed by atoms with van der Waals surface area (Å²) >= 11 is 0. The van der Waals surface area contributed by atoms with E-state index in [2.05, 4.69) is 15.3 Å². The molecular formula is C11H16N4O. The minimum Gasteiger partial charge on any atom is -0.354 e. The van der Waals surface area contributed by atoms with Crippen LogP contribution in [0.15, 0.2) is 18.5 Å². The van der Waals surface area contributed by atoms with Gasteiger partial charge in [0.1, 0.15) is 0 Å². The normalized spacial score (nSPS) is 15.5. The third-order valence-corrected chi connectivity index (χ3v) is 2.63. The van der Waals surface area contributed by atoms with Crippen molar-refractivity contribution < 1.29 is 4.79 Å². The third-order valence-electron chi connectivity index (χ3n) is 2.63. The van der Waals surface area contributed by atoms with Crippen molar-refractivity contribution in [2.75, 3.05) is 25.0 Å². The standard InChI is InChI=1S/C11H16N4O/c16-10-4-1-8-15(10)9-3-7-14-11-12-5-2-6-13-11/h2,5-6H,1,3-4,7-9H2,(H,12,13,14). The van der Waals surface area contributed by atoms with E-state index in [4.69, 9.17) is 0 Å². The van der Waals surface area contributed by atoms with Gasteiger partial charge in [-0.15, -0.1) is 0 Å². The maximum atomic E-state index is 11.3. The predicted octanol–water partition coefficient (Wildman–Crippen LogP) is 0.901.